The Morgan fingerprint density at radius 2 is 1.84 bits per heavy atom. The number of ether oxygens (including phenoxy) is 1. The SMILES string of the molecule is CCOC(=O)c1ccccc1NC(=O)CSc1nnc2ccc(-c3ccc(Br)cc3)nn12. The van der Waals surface area contributed by atoms with Crippen molar-refractivity contribution in [2.24, 2.45) is 0 Å². The largest absolute Gasteiger partial charge is 0.462 e. The number of amides is 1. The molecule has 162 valence electrons. The van der Waals surface area contributed by atoms with Crippen LogP contribution < -0.4 is 5.32 Å². The zero-order chi connectivity index (χ0) is 22.5. The minimum Gasteiger partial charge on any atom is -0.462 e. The van der Waals surface area contributed by atoms with Gasteiger partial charge in [0.2, 0.25) is 11.1 Å². The number of halogens is 1. The lowest BCUT2D eigenvalue weighted by Gasteiger charge is -2.10. The van der Waals surface area contributed by atoms with E-state index >= 15 is 0 Å². The number of nitrogens with one attached hydrogen (secondary N) is 1. The second kappa shape index (κ2) is 9.92. The number of carbonyl (C=O) groups excluding carboxylic acids is 2. The second-order valence-corrected chi connectivity index (χ2v) is 8.44. The Hall–Kier alpha value is -3.24. The van der Waals surface area contributed by atoms with Crippen LogP contribution in [0.3, 0.4) is 0 Å². The normalized spacial score (nSPS) is 10.8. The van der Waals surface area contributed by atoms with E-state index in [2.05, 4.69) is 36.5 Å². The van der Waals surface area contributed by atoms with E-state index in [0.717, 1.165) is 15.7 Å². The fourth-order valence-electron chi connectivity index (χ4n) is 2.93. The summed E-state index contributed by atoms with van der Waals surface area (Å²) in [5, 5.41) is 16.1. The summed E-state index contributed by atoms with van der Waals surface area (Å²) in [4.78, 5) is 24.6. The average Bonchev–Trinajstić information content (AvgIpc) is 3.21. The van der Waals surface area contributed by atoms with Gasteiger partial charge in [-0.1, -0.05) is 52.0 Å². The number of benzene rings is 2. The highest BCUT2D eigenvalue weighted by Gasteiger charge is 2.16. The van der Waals surface area contributed by atoms with Crippen LogP contribution in [-0.4, -0.2) is 44.0 Å². The molecule has 1 amide bonds. The first-order chi connectivity index (χ1) is 15.5. The number of anilines is 1. The molecule has 10 heteroatoms. The van der Waals surface area contributed by atoms with Crippen molar-refractivity contribution in [2.45, 2.75) is 12.1 Å². The Kier molecular flexibility index (Phi) is 6.81. The molecule has 0 aliphatic rings. The van der Waals surface area contributed by atoms with Crippen LogP contribution in [0.25, 0.3) is 16.9 Å². The van der Waals surface area contributed by atoms with Crippen LogP contribution in [0.1, 0.15) is 17.3 Å². The molecule has 0 unspecified atom stereocenters. The molecule has 4 rings (SSSR count). The molecule has 0 saturated carbocycles. The maximum absolute atomic E-state index is 12.5. The minimum atomic E-state index is -0.482. The summed E-state index contributed by atoms with van der Waals surface area (Å²) >= 11 is 4.63. The molecule has 0 saturated heterocycles. The van der Waals surface area contributed by atoms with Crippen LogP contribution >= 0.6 is 27.7 Å². The molecule has 1 N–H and O–H groups in total. The number of carbonyl (C=O) groups is 2. The van der Waals surface area contributed by atoms with Crippen molar-refractivity contribution in [2.75, 3.05) is 17.7 Å². The minimum absolute atomic E-state index is 0.0716. The van der Waals surface area contributed by atoms with Gasteiger partial charge in [0.05, 0.1) is 29.3 Å². The van der Waals surface area contributed by atoms with Gasteiger partial charge >= 0.3 is 5.97 Å². The number of hydrogen-bond donors (Lipinski definition) is 1. The molecular weight excluding hydrogens is 494 g/mol. The van der Waals surface area contributed by atoms with Crippen molar-refractivity contribution in [1.82, 2.24) is 19.8 Å². The van der Waals surface area contributed by atoms with Gasteiger partial charge in [-0.25, -0.2) is 4.79 Å². The van der Waals surface area contributed by atoms with Crippen molar-refractivity contribution >= 4 is 50.9 Å². The van der Waals surface area contributed by atoms with Crippen LogP contribution in [0.15, 0.2) is 70.3 Å². The van der Waals surface area contributed by atoms with Gasteiger partial charge in [-0.3, -0.25) is 4.79 Å². The molecule has 32 heavy (non-hydrogen) atoms. The second-order valence-electron chi connectivity index (χ2n) is 6.58. The number of nitrogens with zero attached hydrogens (tertiary/aromatic N) is 4. The third kappa shape index (κ3) is 4.97. The first-order valence-electron chi connectivity index (χ1n) is 9.72. The standard InChI is InChI=1S/C22H18BrN5O3S/c1-2-31-21(30)16-5-3-4-6-18(16)24-20(29)13-32-22-26-25-19-12-11-17(27-28(19)22)14-7-9-15(23)10-8-14/h3-12H,2,13H2,1H3,(H,24,29). The maximum Gasteiger partial charge on any atom is 0.340 e. The van der Waals surface area contributed by atoms with E-state index in [1.807, 2.05) is 36.4 Å². The van der Waals surface area contributed by atoms with E-state index in [9.17, 15) is 9.59 Å². The molecule has 0 atom stereocenters. The molecule has 0 aliphatic heterocycles. The van der Waals surface area contributed by atoms with E-state index < -0.39 is 5.97 Å². The molecule has 2 aromatic carbocycles. The molecule has 2 aromatic heterocycles. The number of esters is 1. The molecule has 0 fully saturated rings. The van der Waals surface area contributed by atoms with Gasteiger partial charge in [0.1, 0.15) is 0 Å². The van der Waals surface area contributed by atoms with Gasteiger partial charge in [-0.2, -0.15) is 9.61 Å². The summed E-state index contributed by atoms with van der Waals surface area (Å²) < 4.78 is 7.64. The third-order valence-electron chi connectivity index (χ3n) is 4.40. The topological polar surface area (TPSA) is 98.5 Å². The van der Waals surface area contributed by atoms with E-state index in [4.69, 9.17) is 4.74 Å². The van der Waals surface area contributed by atoms with Gasteiger partial charge in [0.25, 0.3) is 0 Å². The summed E-state index contributed by atoms with van der Waals surface area (Å²) in [5.41, 5.74) is 3.01. The van der Waals surface area contributed by atoms with Crippen molar-refractivity contribution < 1.29 is 14.3 Å². The number of hydrogen-bond acceptors (Lipinski definition) is 7. The van der Waals surface area contributed by atoms with Gasteiger partial charge in [0.15, 0.2) is 5.65 Å². The Bertz CT molecular complexity index is 1280. The first-order valence-corrected chi connectivity index (χ1v) is 11.5. The summed E-state index contributed by atoms with van der Waals surface area (Å²) in [7, 11) is 0. The lowest BCUT2D eigenvalue weighted by molar-refractivity contribution is -0.113. The number of thioether (sulfide) groups is 1. The Morgan fingerprint density at radius 3 is 2.62 bits per heavy atom. The van der Waals surface area contributed by atoms with Gasteiger partial charge in [-0.15, -0.1) is 10.2 Å². The summed E-state index contributed by atoms with van der Waals surface area (Å²) in [6.07, 6.45) is 0. The zero-order valence-electron chi connectivity index (χ0n) is 17.0. The van der Waals surface area contributed by atoms with E-state index in [1.54, 1.807) is 35.7 Å². The summed E-state index contributed by atoms with van der Waals surface area (Å²) in [5.74, 6) is -0.695. The summed E-state index contributed by atoms with van der Waals surface area (Å²) in [6.45, 7) is 1.99. The Balaban J connectivity index is 1.48. The fourth-order valence-corrected chi connectivity index (χ4v) is 3.88. The van der Waals surface area contributed by atoms with Crippen molar-refractivity contribution in [1.29, 1.82) is 0 Å². The maximum atomic E-state index is 12.5. The molecule has 0 bridgehead atoms. The number of para-hydroxylation sites is 1. The van der Waals surface area contributed by atoms with Crippen LogP contribution in [0.2, 0.25) is 0 Å². The van der Waals surface area contributed by atoms with E-state index in [-0.39, 0.29) is 18.3 Å². The predicted molar refractivity (Wildman–Crippen MR) is 126 cm³/mol. The van der Waals surface area contributed by atoms with E-state index in [1.165, 1.54) is 11.8 Å². The third-order valence-corrected chi connectivity index (χ3v) is 5.85. The van der Waals surface area contributed by atoms with Crippen molar-refractivity contribution in [3.8, 4) is 11.3 Å². The Morgan fingerprint density at radius 1 is 1.06 bits per heavy atom. The quantitative estimate of drug-likeness (QED) is 0.288. The molecule has 0 aliphatic carbocycles. The molecular formula is C22H18BrN5O3S. The highest BCUT2D eigenvalue weighted by Crippen LogP contribution is 2.23. The van der Waals surface area contributed by atoms with Crippen LogP contribution in [0.4, 0.5) is 5.69 Å². The molecule has 0 radical (unpaired) electrons. The molecule has 0 spiro atoms. The summed E-state index contributed by atoms with van der Waals surface area (Å²) in [6, 6.07) is 18.3. The average molecular weight is 512 g/mol. The lowest BCUT2D eigenvalue weighted by atomic mass is 10.1. The first kappa shape index (κ1) is 22.0. The highest BCUT2D eigenvalue weighted by molar-refractivity contribution is 9.10. The predicted octanol–water partition coefficient (Wildman–Crippen LogP) is 4.46. The van der Waals surface area contributed by atoms with Crippen LogP contribution in [-0.2, 0) is 9.53 Å². The molecule has 2 heterocycles. The van der Waals surface area contributed by atoms with Gasteiger partial charge in [-0.05, 0) is 43.3 Å². The number of fused-ring (bicyclic) bond motifs is 1. The monoisotopic (exact) mass is 511 g/mol. The fraction of sp³-hybridized carbons (Fsp3) is 0.136. The smallest absolute Gasteiger partial charge is 0.340 e. The van der Waals surface area contributed by atoms with Crippen LogP contribution in [0.5, 0.6) is 0 Å². The number of rotatable bonds is 7. The van der Waals surface area contributed by atoms with Crippen molar-refractivity contribution in [3.05, 3.63) is 70.7 Å². The Labute approximate surface area is 196 Å². The highest BCUT2D eigenvalue weighted by atomic mass is 79.9. The van der Waals surface area contributed by atoms with E-state index in [0.29, 0.717) is 22.1 Å². The van der Waals surface area contributed by atoms with Gasteiger partial charge < -0.3 is 10.1 Å². The molecule has 8 nitrogen and oxygen atoms in total. The van der Waals surface area contributed by atoms with Crippen molar-refractivity contribution in [3.63, 3.8) is 0 Å². The molecule has 4 aromatic rings. The van der Waals surface area contributed by atoms with Gasteiger partial charge in [0, 0.05) is 10.0 Å². The van der Waals surface area contributed by atoms with Crippen LogP contribution in [0, 0.1) is 0 Å². The zero-order valence-corrected chi connectivity index (χ0v) is 19.4. The lowest BCUT2D eigenvalue weighted by Crippen LogP contribution is -2.17. The number of aromatic nitrogens is 4.